The molecule has 4 aliphatic rings. The molecule has 1 heteroatoms. The molecule has 0 bridgehead atoms. The molecule has 6 atom stereocenters. The molecular formula is C20H30O. The summed E-state index contributed by atoms with van der Waals surface area (Å²) in [7, 11) is 0. The highest BCUT2D eigenvalue weighted by molar-refractivity contribution is 5.33. The van der Waals surface area contributed by atoms with Gasteiger partial charge < -0.3 is 5.11 Å². The standard InChI is InChI=1S/C20H30O/c1-13-8-10-19(2)14(12-13)4-5-15-16-6-7-18(21)20(16,3)11-9-17(15)19/h12,15-18,21H,1,4-11H2,2-3H3/t15-,16-,17-,18?,19-,20-/m0/s1. The van der Waals surface area contributed by atoms with Gasteiger partial charge >= 0.3 is 0 Å². The molecule has 1 unspecified atom stereocenters. The molecule has 1 nitrogen and oxygen atoms in total. The van der Waals surface area contributed by atoms with Crippen LogP contribution in [0.4, 0.5) is 0 Å². The number of hydrogen-bond acceptors (Lipinski definition) is 1. The minimum absolute atomic E-state index is 0.0423. The Morgan fingerprint density at radius 1 is 1.05 bits per heavy atom. The molecule has 1 N–H and O–H groups in total. The summed E-state index contributed by atoms with van der Waals surface area (Å²) in [5.41, 5.74) is 3.69. The number of fused-ring (bicyclic) bond motifs is 5. The van der Waals surface area contributed by atoms with E-state index >= 15 is 0 Å². The van der Waals surface area contributed by atoms with Gasteiger partial charge in [-0.05, 0) is 80.0 Å². The summed E-state index contributed by atoms with van der Waals surface area (Å²) in [6.07, 6.45) is 12.4. The lowest BCUT2D eigenvalue weighted by Gasteiger charge is -2.58. The van der Waals surface area contributed by atoms with Crippen LogP contribution in [0.3, 0.4) is 0 Å². The fraction of sp³-hybridized carbons (Fsp3) is 0.800. The predicted octanol–water partition coefficient (Wildman–Crippen LogP) is 4.87. The summed E-state index contributed by atoms with van der Waals surface area (Å²) in [5.74, 6) is 2.48. The fourth-order valence-electron chi connectivity index (χ4n) is 6.62. The maximum absolute atomic E-state index is 10.5. The van der Waals surface area contributed by atoms with Crippen molar-refractivity contribution in [3.63, 3.8) is 0 Å². The molecule has 0 aromatic heterocycles. The molecule has 3 fully saturated rings. The van der Waals surface area contributed by atoms with Crippen molar-refractivity contribution in [3.05, 3.63) is 23.8 Å². The average molecular weight is 286 g/mol. The molecular weight excluding hydrogens is 256 g/mol. The highest BCUT2D eigenvalue weighted by atomic mass is 16.3. The van der Waals surface area contributed by atoms with E-state index in [9.17, 15) is 5.11 Å². The third kappa shape index (κ3) is 1.79. The summed E-state index contributed by atoms with van der Waals surface area (Å²) in [4.78, 5) is 0. The van der Waals surface area contributed by atoms with Gasteiger partial charge in [-0.15, -0.1) is 0 Å². The molecule has 0 aromatic rings. The summed E-state index contributed by atoms with van der Waals surface area (Å²) in [5, 5.41) is 10.5. The molecule has 4 aliphatic carbocycles. The van der Waals surface area contributed by atoms with E-state index < -0.39 is 0 Å². The van der Waals surface area contributed by atoms with E-state index in [1.165, 1.54) is 50.5 Å². The van der Waals surface area contributed by atoms with Gasteiger partial charge in [0.1, 0.15) is 0 Å². The molecule has 21 heavy (non-hydrogen) atoms. The van der Waals surface area contributed by atoms with Crippen molar-refractivity contribution in [1.82, 2.24) is 0 Å². The highest BCUT2D eigenvalue weighted by Gasteiger charge is 2.58. The smallest absolute Gasteiger partial charge is 0.0596 e. The predicted molar refractivity (Wildman–Crippen MR) is 86.8 cm³/mol. The lowest BCUT2D eigenvalue weighted by molar-refractivity contribution is -0.0727. The van der Waals surface area contributed by atoms with Gasteiger partial charge in [0.15, 0.2) is 0 Å². The molecule has 116 valence electrons. The molecule has 3 saturated carbocycles. The second-order valence-corrected chi connectivity index (χ2v) is 8.80. The van der Waals surface area contributed by atoms with Crippen LogP contribution in [0.25, 0.3) is 0 Å². The first kappa shape index (κ1) is 14.1. The van der Waals surface area contributed by atoms with Crippen molar-refractivity contribution < 1.29 is 5.11 Å². The maximum Gasteiger partial charge on any atom is 0.0596 e. The molecule has 4 rings (SSSR count). The van der Waals surface area contributed by atoms with Crippen LogP contribution in [0.2, 0.25) is 0 Å². The van der Waals surface area contributed by atoms with E-state index in [1.54, 1.807) is 5.57 Å². The molecule has 0 saturated heterocycles. The largest absolute Gasteiger partial charge is 0.393 e. The summed E-state index contributed by atoms with van der Waals surface area (Å²) in [6.45, 7) is 9.12. The first-order chi connectivity index (χ1) is 9.95. The fourth-order valence-corrected chi connectivity index (χ4v) is 6.62. The van der Waals surface area contributed by atoms with Crippen LogP contribution in [0.5, 0.6) is 0 Å². The van der Waals surface area contributed by atoms with Crippen molar-refractivity contribution in [1.29, 1.82) is 0 Å². The van der Waals surface area contributed by atoms with E-state index in [0.717, 1.165) is 24.2 Å². The minimum atomic E-state index is -0.0423. The SMILES string of the molecule is C=C1C=C2CC[C@@H]3[C@H](CC[C@]4(C)C(O)CC[C@@H]34)[C@@]2(C)CC1. The van der Waals surface area contributed by atoms with Gasteiger partial charge in [0.25, 0.3) is 0 Å². The lowest BCUT2D eigenvalue weighted by atomic mass is 9.47. The van der Waals surface area contributed by atoms with Gasteiger partial charge in [-0.2, -0.15) is 0 Å². The van der Waals surface area contributed by atoms with Crippen LogP contribution in [0, 0.1) is 28.6 Å². The Labute approximate surface area is 129 Å². The van der Waals surface area contributed by atoms with E-state index in [4.69, 9.17) is 0 Å². The van der Waals surface area contributed by atoms with Gasteiger partial charge in [0, 0.05) is 0 Å². The highest BCUT2D eigenvalue weighted by Crippen LogP contribution is 2.65. The molecule has 0 amide bonds. The monoisotopic (exact) mass is 286 g/mol. The number of aliphatic hydroxyl groups is 1. The van der Waals surface area contributed by atoms with Crippen molar-refractivity contribution >= 4 is 0 Å². The molecule has 0 spiro atoms. The van der Waals surface area contributed by atoms with Gasteiger partial charge in [-0.1, -0.05) is 37.6 Å². The van der Waals surface area contributed by atoms with Gasteiger partial charge in [-0.3, -0.25) is 0 Å². The topological polar surface area (TPSA) is 20.2 Å². The number of hydrogen-bond donors (Lipinski definition) is 1. The zero-order valence-electron chi connectivity index (χ0n) is 13.7. The molecule has 0 heterocycles. The zero-order valence-corrected chi connectivity index (χ0v) is 13.7. The van der Waals surface area contributed by atoms with Crippen LogP contribution in [-0.4, -0.2) is 11.2 Å². The third-order valence-electron chi connectivity index (χ3n) is 8.03. The first-order valence-electron chi connectivity index (χ1n) is 9.02. The van der Waals surface area contributed by atoms with E-state index in [1.807, 2.05) is 0 Å². The van der Waals surface area contributed by atoms with Crippen molar-refractivity contribution in [2.45, 2.75) is 71.3 Å². The van der Waals surface area contributed by atoms with Gasteiger partial charge in [-0.25, -0.2) is 0 Å². The van der Waals surface area contributed by atoms with Crippen LogP contribution < -0.4 is 0 Å². The van der Waals surface area contributed by atoms with Crippen LogP contribution in [0.15, 0.2) is 23.8 Å². The van der Waals surface area contributed by atoms with Crippen LogP contribution in [0.1, 0.15) is 65.2 Å². The van der Waals surface area contributed by atoms with Crippen LogP contribution in [-0.2, 0) is 0 Å². The van der Waals surface area contributed by atoms with Crippen molar-refractivity contribution in [2.24, 2.45) is 28.6 Å². The Balaban J connectivity index is 1.69. The maximum atomic E-state index is 10.5. The molecule has 0 aliphatic heterocycles. The minimum Gasteiger partial charge on any atom is -0.393 e. The average Bonchev–Trinajstić information content (AvgIpc) is 2.76. The second kappa shape index (κ2) is 4.47. The Morgan fingerprint density at radius 3 is 2.67 bits per heavy atom. The van der Waals surface area contributed by atoms with Gasteiger partial charge in [0.05, 0.1) is 6.10 Å². The molecule has 0 aromatic carbocycles. The number of allylic oxidation sites excluding steroid dienone is 3. The lowest BCUT2D eigenvalue weighted by Crippen LogP contribution is -2.50. The number of aliphatic hydroxyl groups excluding tert-OH is 1. The van der Waals surface area contributed by atoms with E-state index in [-0.39, 0.29) is 11.5 Å². The third-order valence-corrected chi connectivity index (χ3v) is 8.03. The van der Waals surface area contributed by atoms with E-state index in [0.29, 0.717) is 5.41 Å². The van der Waals surface area contributed by atoms with Crippen molar-refractivity contribution in [2.75, 3.05) is 0 Å². The summed E-state index contributed by atoms with van der Waals surface area (Å²) >= 11 is 0. The normalized spacial score (nSPS) is 52.7. The zero-order chi connectivity index (χ0) is 14.8. The van der Waals surface area contributed by atoms with Crippen molar-refractivity contribution in [3.8, 4) is 0 Å². The quantitative estimate of drug-likeness (QED) is 0.674. The Bertz CT molecular complexity index is 504. The Hall–Kier alpha value is -0.560. The Kier molecular flexibility index (Phi) is 2.99. The second-order valence-electron chi connectivity index (χ2n) is 8.80. The summed E-state index contributed by atoms with van der Waals surface area (Å²) in [6, 6.07) is 0. The van der Waals surface area contributed by atoms with E-state index in [2.05, 4.69) is 26.5 Å². The van der Waals surface area contributed by atoms with Gasteiger partial charge in [0.2, 0.25) is 0 Å². The van der Waals surface area contributed by atoms with Crippen LogP contribution >= 0.6 is 0 Å². The first-order valence-corrected chi connectivity index (χ1v) is 9.02. The molecule has 0 radical (unpaired) electrons. The summed E-state index contributed by atoms with van der Waals surface area (Å²) < 4.78 is 0. The number of rotatable bonds is 0. The Morgan fingerprint density at radius 2 is 1.86 bits per heavy atom.